The SMILES string of the molecule is CNNC(=O)C(C)c1ccc(SC(C)C)cc1. The first-order valence-electron chi connectivity index (χ1n) is 5.77. The average molecular weight is 252 g/mol. The number of rotatable bonds is 5. The van der Waals surface area contributed by atoms with E-state index in [1.807, 2.05) is 30.8 Å². The number of hydrogen-bond donors (Lipinski definition) is 2. The Kier molecular flexibility index (Phi) is 5.51. The predicted molar refractivity (Wildman–Crippen MR) is 73.1 cm³/mol. The summed E-state index contributed by atoms with van der Waals surface area (Å²) in [6.07, 6.45) is 0. The Balaban J connectivity index is 2.70. The largest absolute Gasteiger partial charge is 0.291 e. The molecule has 1 amide bonds. The first-order valence-corrected chi connectivity index (χ1v) is 6.65. The second-order valence-corrected chi connectivity index (χ2v) is 5.85. The lowest BCUT2D eigenvalue weighted by atomic mass is 10.0. The van der Waals surface area contributed by atoms with Crippen molar-refractivity contribution in [2.75, 3.05) is 7.05 Å². The first-order chi connectivity index (χ1) is 8.04. The van der Waals surface area contributed by atoms with Gasteiger partial charge >= 0.3 is 0 Å². The zero-order valence-electron chi connectivity index (χ0n) is 10.8. The van der Waals surface area contributed by atoms with Crippen molar-refractivity contribution in [3.63, 3.8) is 0 Å². The van der Waals surface area contributed by atoms with Crippen molar-refractivity contribution >= 4 is 17.7 Å². The maximum Gasteiger partial charge on any atom is 0.241 e. The molecule has 4 heteroatoms. The fourth-order valence-electron chi connectivity index (χ4n) is 1.49. The van der Waals surface area contributed by atoms with Gasteiger partial charge in [0.2, 0.25) is 5.91 Å². The van der Waals surface area contributed by atoms with Crippen LogP contribution in [-0.2, 0) is 4.79 Å². The molecule has 3 nitrogen and oxygen atoms in total. The minimum atomic E-state index is -0.138. The molecule has 0 saturated carbocycles. The highest BCUT2D eigenvalue weighted by atomic mass is 32.2. The molecule has 1 rings (SSSR count). The van der Waals surface area contributed by atoms with Gasteiger partial charge in [0.25, 0.3) is 0 Å². The van der Waals surface area contributed by atoms with Gasteiger partial charge < -0.3 is 0 Å². The van der Waals surface area contributed by atoms with Gasteiger partial charge in [-0.05, 0) is 24.6 Å². The number of hydrazine groups is 1. The second-order valence-electron chi connectivity index (χ2n) is 4.20. The fourth-order valence-corrected chi connectivity index (χ4v) is 2.33. The lowest BCUT2D eigenvalue weighted by molar-refractivity contribution is -0.123. The number of carbonyl (C=O) groups excluding carboxylic acids is 1. The number of thioether (sulfide) groups is 1. The second kappa shape index (κ2) is 6.67. The highest BCUT2D eigenvalue weighted by Gasteiger charge is 2.14. The molecule has 94 valence electrons. The van der Waals surface area contributed by atoms with Gasteiger partial charge in [-0.1, -0.05) is 26.0 Å². The van der Waals surface area contributed by atoms with Gasteiger partial charge in [0, 0.05) is 17.2 Å². The van der Waals surface area contributed by atoms with Crippen LogP contribution in [0.2, 0.25) is 0 Å². The number of nitrogens with one attached hydrogen (secondary N) is 2. The Morgan fingerprint density at radius 1 is 1.18 bits per heavy atom. The zero-order chi connectivity index (χ0) is 12.8. The predicted octanol–water partition coefficient (Wildman–Crippen LogP) is 2.54. The molecule has 1 atom stereocenters. The maximum atomic E-state index is 11.6. The van der Waals surface area contributed by atoms with Crippen LogP contribution >= 0.6 is 11.8 Å². The monoisotopic (exact) mass is 252 g/mol. The molecule has 0 aromatic heterocycles. The molecule has 0 heterocycles. The van der Waals surface area contributed by atoms with Crippen LogP contribution in [-0.4, -0.2) is 18.2 Å². The zero-order valence-corrected chi connectivity index (χ0v) is 11.6. The number of benzene rings is 1. The topological polar surface area (TPSA) is 41.1 Å². The standard InChI is InChI=1S/C13H20N2OS/c1-9(2)17-12-7-5-11(6-8-12)10(3)13(16)15-14-4/h5-10,14H,1-4H3,(H,15,16). The van der Waals surface area contributed by atoms with Crippen LogP contribution in [0.4, 0.5) is 0 Å². The van der Waals surface area contributed by atoms with Crippen LogP contribution < -0.4 is 10.9 Å². The van der Waals surface area contributed by atoms with Crippen molar-refractivity contribution in [1.29, 1.82) is 0 Å². The van der Waals surface area contributed by atoms with Crippen molar-refractivity contribution < 1.29 is 4.79 Å². The van der Waals surface area contributed by atoms with E-state index in [-0.39, 0.29) is 11.8 Å². The number of amides is 1. The third-order valence-electron chi connectivity index (χ3n) is 2.39. The van der Waals surface area contributed by atoms with E-state index >= 15 is 0 Å². The van der Waals surface area contributed by atoms with Gasteiger partial charge in [0.05, 0.1) is 5.92 Å². The summed E-state index contributed by atoms with van der Waals surface area (Å²) < 4.78 is 0. The van der Waals surface area contributed by atoms with Gasteiger partial charge in [-0.3, -0.25) is 10.2 Å². The maximum absolute atomic E-state index is 11.6. The summed E-state index contributed by atoms with van der Waals surface area (Å²) in [5.41, 5.74) is 6.28. The summed E-state index contributed by atoms with van der Waals surface area (Å²) in [7, 11) is 1.69. The minimum Gasteiger partial charge on any atom is -0.291 e. The first kappa shape index (κ1) is 14.1. The average Bonchev–Trinajstić information content (AvgIpc) is 2.28. The van der Waals surface area contributed by atoms with Crippen molar-refractivity contribution in [2.24, 2.45) is 0 Å². The van der Waals surface area contributed by atoms with E-state index in [1.54, 1.807) is 7.05 Å². The normalized spacial score (nSPS) is 12.5. The summed E-state index contributed by atoms with van der Waals surface area (Å²) in [5, 5.41) is 0.575. The molecular weight excluding hydrogens is 232 g/mol. The molecule has 1 unspecified atom stereocenters. The van der Waals surface area contributed by atoms with E-state index in [2.05, 4.69) is 36.8 Å². The fraction of sp³-hybridized carbons (Fsp3) is 0.462. The molecule has 0 aliphatic rings. The molecule has 1 aromatic rings. The van der Waals surface area contributed by atoms with Gasteiger partial charge in [0.1, 0.15) is 0 Å². The van der Waals surface area contributed by atoms with Crippen LogP contribution in [0.3, 0.4) is 0 Å². The molecule has 0 aliphatic carbocycles. The van der Waals surface area contributed by atoms with Crippen molar-refractivity contribution in [2.45, 2.75) is 36.8 Å². The van der Waals surface area contributed by atoms with E-state index in [0.29, 0.717) is 5.25 Å². The Morgan fingerprint density at radius 3 is 2.24 bits per heavy atom. The van der Waals surface area contributed by atoms with E-state index in [0.717, 1.165) is 5.56 Å². The Labute approximate surface area is 107 Å². The number of carbonyl (C=O) groups is 1. The van der Waals surface area contributed by atoms with Crippen molar-refractivity contribution in [1.82, 2.24) is 10.9 Å². The van der Waals surface area contributed by atoms with Crippen LogP contribution in [0.15, 0.2) is 29.2 Å². The van der Waals surface area contributed by atoms with Crippen LogP contribution in [0.1, 0.15) is 32.3 Å². The van der Waals surface area contributed by atoms with Crippen LogP contribution in [0, 0.1) is 0 Å². The molecule has 17 heavy (non-hydrogen) atoms. The molecule has 2 N–H and O–H groups in total. The molecular formula is C13H20N2OS. The van der Waals surface area contributed by atoms with Gasteiger partial charge in [-0.2, -0.15) is 0 Å². The highest BCUT2D eigenvalue weighted by Crippen LogP contribution is 2.25. The van der Waals surface area contributed by atoms with Gasteiger partial charge in [0.15, 0.2) is 0 Å². The third-order valence-corrected chi connectivity index (χ3v) is 3.41. The molecule has 1 aromatic carbocycles. The number of hydrogen-bond acceptors (Lipinski definition) is 3. The summed E-state index contributed by atoms with van der Waals surface area (Å²) in [6, 6.07) is 8.18. The van der Waals surface area contributed by atoms with Crippen LogP contribution in [0.25, 0.3) is 0 Å². The minimum absolute atomic E-state index is 0.0169. The molecule has 0 aliphatic heterocycles. The van der Waals surface area contributed by atoms with E-state index in [1.165, 1.54) is 4.90 Å². The van der Waals surface area contributed by atoms with Crippen molar-refractivity contribution in [3.8, 4) is 0 Å². The lowest BCUT2D eigenvalue weighted by Gasteiger charge is -2.12. The van der Waals surface area contributed by atoms with Gasteiger partial charge in [-0.15, -0.1) is 11.8 Å². The molecule has 0 spiro atoms. The summed E-state index contributed by atoms with van der Waals surface area (Å²) in [4.78, 5) is 12.9. The molecule has 0 saturated heterocycles. The van der Waals surface area contributed by atoms with Crippen molar-refractivity contribution in [3.05, 3.63) is 29.8 Å². The molecule has 0 radical (unpaired) electrons. The summed E-state index contributed by atoms with van der Waals surface area (Å²) in [5.74, 6) is -0.155. The Bertz CT molecular complexity index is 362. The Hall–Kier alpha value is -1.00. The van der Waals surface area contributed by atoms with E-state index in [4.69, 9.17) is 0 Å². The molecule has 0 bridgehead atoms. The van der Waals surface area contributed by atoms with E-state index < -0.39 is 0 Å². The third kappa shape index (κ3) is 4.40. The smallest absolute Gasteiger partial charge is 0.241 e. The van der Waals surface area contributed by atoms with E-state index in [9.17, 15) is 4.79 Å². The molecule has 0 fully saturated rings. The lowest BCUT2D eigenvalue weighted by Crippen LogP contribution is -2.37. The summed E-state index contributed by atoms with van der Waals surface area (Å²) in [6.45, 7) is 6.24. The summed E-state index contributed by atoms with van der Waals surface area (Å²) >= 11 is 1.82. The highest BCUT2D eigenvalue weighted by molar-refractivity contribution is 7.99. The quantitative estimate of drug-likeness (QED) is 0.625. The van der Waals surface area contributed by atoms with Crippen LogP contribution in [0.5, 0.6) is 0 Å². The van der Waals surface area contributed by atoms with Gasteiger partial charge in [-0.25, -0.2) is 5.43 Å². The Morgan fingerprint density at radius 2 is 1.76 bits per heavy atom.